The minimum atomic E-state index is 0. The van der Waals surface area contributed by atoms with Crippen molar-refractivity contribution in [3.63, 3.8) is 0 Å². The van der Waals surface area contributed by atoms with E-state index in [0.29, 0.717) is 12.0 Å². The fourth-order valence-electron chi connectivity index (χ4n) is 3.01. The maximum atomic E-state index is 5.93. The third-order valence-electron chi connectivity index (χ3n) is 3.87. The Morgan fingerprint density at radius 1 is 1.17 bits per heavy atom. The molecule has 0 heterocycles. The Morgan fingerprint density at radius 2 is 1.78 bits per heavy atom. The topological polar surface area (TPSA) is 50.4 Å². The highest BCUT2D eigenvalue weighted by Crippen LogP contribution is 2.46. The number of aliphatic imine (C=N–C) groups is 1. The molecular weight excluding hydrogens is 337 g/mol. The highest BCUT2D eigenvalue weighted by Gasteiger charge is 2.43. The summed E-state index contributed by atoms with van der Waals surface area (Å²) in [4.78, 5) is 4.61. The van der Waals surface area contributed by atoms with E-state index < -0.39 is 0 Å². The number of halogens is 1. The van der Waals surface area contributed by atoms with Crippen molar-refractivity contribution in [3.05, 3.63) is 0 Å². The van der Waals surface area contributed by atoms with Gasteiger partial charge in [-0.1, -0.05) is 32.1 Å². The monoisotopic (exact) mass is 365 g/mol. The highest BCUT2D eigenvalue weighted by atomic mass is 127. The lowest BCUT2D eigenvalue weighted by molar-refractivity contribution is 0.318. The number of nitrogens with two attached hydrogens (primary N) is 1. The van der Waals surface area contributed by atoms with E-state index in [-0.39, 0.29) is 29.5 Å². The van der Waals surface area contributed by atoms with E-state index in [1.807, 2.05) is 0 Å². The van der Waals surface area contributed by atoms with Crippen molar-refractivity contribution in [1.82, 2.24) is 5.32 Å². The average molecular weight is 365 g/mol. The molecule has 18 heavy (non-hydrogen) atoms. The van der Waals surface area contributed by atoms with Gasteiger partial charge in [-0.05, 0) is 39.0 Å². The molecule has 0 radical (unpaired) electrons. The largest absolute Gasteiger partial charge is 0.370 e. The molecule has 2 aliphatic rings. The first kappa shape index (κ1) is 16.1. The van der Waals surface area contributed by atoms with Crippen LogP contribution in [0.3, 0.4) is 0 Å². The lowest BCUT2D eigenvalue weighted by Gasteiger charge is -2.22. The predicted molar refractivity (Wildman–Crippen MR) is 88.4 cm³/mol. The van der Waals surface area contributed by atoms with Crippen molar-refractivity contribution in [2.75, 3.05) is 0 Å². The van der Waals surface area contributed by atoms with Crippen LogP contribution in [0.2, 0.25) is 0 Å². The maximum Gasteiger partial charge on any atom is 0.189 e. The van der Waals surface area contributed by atoms with Crippen LogP contribution in [0.1, 0.15) is 59.3 Å². The Bertz CT molecular complexity index is 290. The first-order valence-corrected chi connectivity index (χ1v) is 7.07. The molecule has 2 saturated carbocycles. The summed E-state index contributed by atoms with van der Waals surface area (Å²) in [6.45, 7) is 6.34. The van der Waals surface area contributed by atoms with Crippen LogP contribution in [0.4, 0.5) is 0 Å². The number of nitrogens with zero attached hydrogens (tertiary/aromatic N) is 1. The summed E-state index contributed by atoms with van der Waals surface area (Å²) in [7, 11) is 0. The fourth-order valence-corrected chi connectivity index (χ4v) is 3.01. The number of rotatable bonds is 2. The van der Waals surface area contributed by atoms with E-state index in [2.05, 4.69) is 31.1 Å². The number of hydrogen-bond acceptors (Lipinski definition) is 1. The average Bonchev–Trinajstić information content (AvgIpc) is 2.95. The summed E-state index contributed by atoms with van der Waals surface area (Å²) in [5.41, 5.74) is 5.95. The molecule has 0 amide bonds. The van der Waals surface area contributed by atoms with Crippen molar-refractivity contribution >= 4 is 29.9 Å². The van der Waals surface area contributed by atoms with E-state index in [1.165, 1.54) is 38.5 Å². The van der Waals surface area contributed by atoms with Crippen LogP contribution in [0, 0.1) is 11.8 Å². The summed E-state index contributed by atoms with van der Waals surface area (Å²) >= 11 is 0. The number of nitrogens with one attached hydrogen (secondary N) is 1. The Hall–Kier alpha value is 0. The van der Waals surface area contributed by atoms with E-state index >= 15 is 0 Å². The molecule has 0 unspecified atom stereocenters. The van der Waals surface area contributed by atoms with Crippen LogP contribution in [0.15, 0.2) is 4.99 Å². The van der Waals surface area contributed by atoms with Crippen molar-refractivity contribution in [1.29, 1.82) is 0 Å². The highest BCUT2D eigenvalue weighted by molar-refractivity contribution is 14.0. The normalized spacial score (nSPS) is 29.6. The SMILES string of the molecule is CC(C)(C)NC(N)=N[C@@H]1C[C@H]1C1CCCCC1.I. The Balaban J connectivity index is 0.00000162. The predicted octanol–water partition coefficient (Wildman–Crippen LogP) is 3.28. The fraction of sp³-hybridized carbons (Fsp3) is 0.929. The number of hydrogen-bond donors (Lipinski definition) is 2. The third kappa shape index (κ3) is 4.94. The molecule has 2 fully saturated rings. The van der Waals surface area contributed by atoms with Crippen LogP contribution in [0.25, 0.3) is 0 Å². The van der Waals surface area contributed by atoms with E-state index in [9.17, 15) is 0 Å². The molecule has 0 bridgehead atoms. The molecular formula is C14H28IN3. The van der Waals surface area contributed by atoms with Gasteiger partial charge >= 0.3 is 0 Å². The van der Waals surface area contributed by atoms with Gasteiger partial charge in [0.2, 0.25) is 0 Å². The van der Waals surface area contributed by atoms with Gasteiger partial charge in [0.25, 0.3) is 0 Å². The quantitative estimate of drug-likeness (QED) is 0.448. The van der Waals surface area contributed by atoms with Crippen LogP contribution >= 0.6 is 24.0 Å². The second kappa shape index (κ2) is 6.44. The maximum absolute atomic E-state index is 5.93. The van der Waals surface area contributed by atoms with Gasteiger partial charge in [0, 0.05) is 5.54 Å². The van der Waals surface area contributed by atoms with Gasteiger partial charge in [-0.2, -0.15) is 0 Å². The van der Waals surface area contributed by atoms with Gasteiger partial charge in [0.05, 0.1) is 6.04 Å². The van der Waals surface area contributed by atoms with Crippen molar-refractivity contribution in [2.24, 2.45) is 22.6 Å². The minimum absolute atomic E-state index is 0. The van der Waals surface area contributed by atoms with Gasteiger partial charge < -0.3 is 11.1 Å². The molecule has 3 nitrogen and oxygen atoms in total. The molecule has 4 heteroatoms. The second-order valence-corrected chi connectivity index (χ2v) is 6.75. The summed E-state index contributed by atoms with van der Waals surface area (Å²) < 4.78 is 0. The molecule has 2 atom stereocenters. The van der Waals surface area contributed by atoms with Gasteiger partial charge in [0.15, 0.2) is 5.96 Å². The van der Waals surface area contributed by atoms with Gasteiger partial charge in [-0.25, -0.2) is 4.99 Å². The molecule has 0 saturated heterocycles. The standard InChI is InChI=1S/C14H27N3.HI/c1-14(2,3)17-13(15)16-12-9-11(12)10-7-5-4-6-8-10;/h10-12H,4-9H2,1-3H3,(H3,15,16,17);1H/t11-,12+;/m0./s1. The van der Waals surface area contributed by atoms with Crippen molar-refractivity contribution in [3.8, 4) is 0 Å². The summed E-state index contributed by atoms with van der Waals surface area (Å²) in [6.07, 6.45) is 8.38. The van der Waals surface area contributed by atoms with Crippen LogP contribution in [0.5, 0.6) is 0 Å². The lowest BCUT2D eigenvalue weighted by atomic mass is 9.85. The van der Waals surface area contributed by atoms with Crippen LogP contribution in [-0.4, -0.2) is 17.5 Å². The summed E-state index contributed by atoms with van der Waals surface area (Å²) in [6, 6.07) is 0.507. The molecule has 0 spiro atoms. The van der Waals surface area contributed by atoms with Crippen molar-refractivity contribution < 1.29 is 0 Å². The first-order valence-electron chi connectivity index (χ1n) is 7.07. The first-order chi connectivity index (χ1) is 7.96. The minimum Gasteiger partial charge on any atom is -0.370 e. The molecule has 2 aliphatic carbocycles. The van der Waals surface area contributed by atoms with Gasteiger partial charge in [-0.15, -0.1) is 24.0 Å². The second-order valence-electron chi connectivity index (χ2n) is 6.75. The lowest BCUT2D eigenvalue weighted by Crippen LogP contribution is -2.45. The van der Waals surface area contributed by atoms with Gasteiger partial charge in [-0.3, -0.25) is 0 Å². The smallest absolute Gasteiger partial charge is 0.189 e. The Kier molecular flexibility index (Phi) is 5.74. The molecule has 0 aliphatic heterocycles. The Morgan fingerprint density at radius 3 is 2.33 bits per heavy atom. The number of guanidine groups is 1. The molecule has 3 N–H and O–H groups in total. The van der Waals surface area contributed by atoms with Crippen LogP contribution in [-0.2, 0) is 0 Å². The third-order valence-corrected chi connectivity index (χ3v) is 3.87. The Labute approximate surface area is 128 Å². The molecule has 0 aromatic carbocycles. The van der Waals surface area contributed by atoms with Gasteiger partial charge in [0.1, 0.15) is 0 Å². The summed E-state index contributed by atoms with van der Waals surface area (Å²) in [5, 5.41) is 3.24. The van der Waals surface area contributed by atoms with E-state index in [4.69, 9.17) is 5.73 Å². The molecule has 0 aromatic rings. The van der Waals surface area contributed by atoms with E-state index in [1.54, 1.807) is 0 Å². The van der Waals surface area contributed by atoms with Crippen molar-refractivity contribution in [2.45, 2.75) is 70.9 Å². The molecule has 2 rings (SSSR count). The zero-order valence-electron chi connectivity index (χ0n) is 11.9. The summed E-state index contributed by atoms with van der Waals surface area (Å²) in [5.74, 6) is 2.39. The van der Waals surface area contributed by atoms with E-state index in [0.717, 1.165) is 11.8 Å². The zero-order valence-corrected chi connectivity index (χ0v) is 14.2. The zero-order chi connectivity index (χ0) is 12.5. The van der Waals surface area contributed by atoms with Crippen LogP contribution < -0.4 is 11.1 Å². The molecule has 0 aromatic heterocycles. The molecule has 106 valence electrons.